The molecule has 8 nitrogen and oxygen atoms in total. The minimum absolute atomic E-state index is 0.0553. The molecule has 0 fully saturated rings. The van der Waals surface area contributed by atoms with Gasteiger partial charge in [-0.05, 0) is 19.1 Å². The first-order chi connectivity index (χ1) is 11.6. The minimum Gasteiger partial charge on any atom is -0.493 e. The molecule has 3 rings (SSSR count). The molecule has 2 heterocycles. The lowest BCUT2D eigenvalue weighted by Crippen LogP contribution is -2.31. The molecule has 8 heteroatoms. The molecule has 0 bridgehead atoms. The van der Waals surface area contributed by atoms with Gasteiger partial charge in [0.15, 0.2) is 17.6 Å². The Kier molecular flexibility index (Phi) is 4.74. The maximum absolute atomic E-state index is 12.1. The summed E-state index contributed by atoms with van der Waals surface area (Å²) >= 11 is 0. The lowest BCUT2D eigenvalue weighted by atomic mass is 10.2. The molecule has 0 spiro atoms. The van der Waals surface area contributed by atoms with Crippen LogP contribution in [0.5, 0.6) is 11.5 Å². The second-order valence-electron chi connectivity index (χ2n) is 5.10. The molecule has 1 atom stereocenters. The number of carbonyl (C=O) groups excluding carboxylic acids is 2. The number of ether oxygens (including phenoxy) is 5. The molecule has 1 amide bonds. The van der Waals surface area contributed by atoms with Gasteiger partial charge in [-0.1, -0.05) is 0 Å². The van der Waals surface area contributed by atoms with E-state index in [0.717, 1.165) is 0 Å². The van der Waals surface area contributed by atoms with Crippen molar-refractivity contribution >= 4 is 17.6 Å². The van der Waals surface area contributed by atoms with Crippen molar-refractivity contribution in [1.29, 1.82) is 0 Å². The van der Waals surface area contributed by atoms with Gasteiger partial charge in [0.05, 0.1) is 0 Å². The van der Waals surface area contributed by atoms with E-state index in [1.54, 1.807) is 18.2 Å². The van der Waals surface area contributed by atoms with Crippen molar-refractivity contribution in [2.24, 2.45) is 0 Å². The van der Waals surface area contributed by atoms with E-state index in [9.17, 15) is 9.59 Å². The van der Waals surface area contributed by atoms with Gasteiger partial charge in [0, 0.05) is 11.8 Å². The normalized spacial score (nSPS) is 16.8. The Morgan fingerprint density at radius 1 is 1.08 bits per heavy atom. The highest BCUT2D eigenvalue weighted by atomic mass is 16.6. The number of hydrogen-bond acceptors (Lipinski definition) is 7. The highest BCUT2D eigenvalue weighted by molar-refractivity contribution is 5.96. The maximum Gasteiger partial charge on any atom is 0.377 e. The molecule has 2 aliphatic heterocycles. The highest BCUT2D eigenvalue weighted by Gasteiger charge is 2.23. The van der Waals surface area contributed by atoms with Crippen LogP contribution in [0.25, 0.3) is 0 Å². The average molecular weight is 335 g/mol. The van der Waals surface area contributed by atoms with Crippen molar-refractivity contribution in [3.05, 3.63) is 30.2 Å². The Labute approximate surface area is 138 Å². The van der Waals surface area contributed by atoms with Crippen molar-refractivity contribution in [1.82, 2.24) is 0 Å². The molecule has 1 aromatic rings. The number of carbonyl (C=O) groups is 2. The van der Waals surface area contributed by atoms with Crippen molar-refractivity contribution in [3.63, 3.8) is 0 Å². The number of anilines is 1. The first kappa shape index (κ1) is 16.0. The Balaban J connectivity index is 1.58. The van der Waals surface area contributed by atoms with Gasteiger partial charge < -0.3 is 29.0 Å². The predicted octanol–water partition coefficient (Wildman–Crippen LogP) is 1.22. The first-order valence-electron chi connectivity index (χ1n) is 7.49. The third kappa shape index (κ3) is 3.70. The molecule has 1 N–H and O–H groups in total. The molecule has 24 heavy (non-hydrogen) atoms. The molecule has 0 radical (unpaired) electrons. The van der Waals surface area contributed by atoms with Gasteiger partial charge in [-0.2, -0.15) is 0 Å². The number of nitrogens with one attached hydrogen (secondary N) is 1. The summed E-state index contributed by atoms with van der Waals surface area (Å²) in [6.07, 6.45) is 0.175. The fourth-order valence-corrected chi connectivity index (χ4v) is 2.11. The van der Waals surface area contributed by atoms with Crippen LogP contribution < -0.4 is 14.8 Å². The summed E-state index contributed by atoms with van der Waals surface area (Å²) < 4.78 is 26.0. The molecule has 0 saturated carbocycles. The lowest BCUT2D eigenvalue weighted by Gasteiger charge is -2.20. The summed E-state index contributed by atoms with van der Waals surface area (Å²) in [5, 5.41) is 2.66. The number of esters is 1. The van der Waals surface area contributed by atoms with Crippen LogP contribution in [0, 0.1) is 0 Å². The molecule has 1 unspecified atom stereocenters. The Morgan fingerprint density at radius 3 is 2.58 bits per heavy atom. The first-order valence-corrected chi connectivity index (χ1v) is 7.49. The van der Waals surface area contributed by atoms with E-state index in [1.165, 1.54) is 13.2 Å². The monoisotopic (exact) mass is 335 g/mol. The topological polar surface area (TPSA) is 92.3 Å². The molecule has 0 aliphatic carbocycles. The van der Waals surface area contributed by atoms with Crippen molar-refractivity contribution in [3.8, 4) is 11.5 Å². The van der Waals surface area contributed by atoms with E-state index in [-0.39, 0.29) is 12.4 Å². The van der Waals surface area contributed by atoms with Crippen LogP contribution in [0.1, 0.15) is 6.92 Å². The van der Waals surface area contributed by atoms with Crippen LogP contribution in [0.2, 0.25) is 0 Å². The second-order valence-corrected chi connectivity index (χ2v) is 5.10. The van der Waals surface area contributed by atoms with Crippen molar-refractivity contribution < 1.29 is 33.3 Å². The Hall–Kier alpha value is -2.90. The number of hydrogen-bond donors (Lipinski definition) is 1. The number of amides is 1. The van der Waals surface area contributed by atoms with Crippen molar-refractivity contribution in [2.75, 3.05) is 31.7 Å². The zero-order valence-corrected chi connectivity index (χ0v) is 13.1. The van der Waals surface area contributed by atoms with Gasteiger partial charge in [-0.3, -0.25) is 4.79 Å². The maximum atomic E-state index is 12.1. The standard InChI is InChI=1S/C16H17NO7/c1-10(24-16(19)14-9-20-4-5-23-14)15(18)17-11-2-3-12-13(8-11)22-7-6-21-12/h2-3,8-10H,4-7H2,1H3,(H,17,18). The van der Waals surface area contributed by atoms with Gasteiger partial charge in [-0.15, -0.1) is 0 Å². The van der Waals surface area contributed by atoms with Crippen LogP contribution in [-0.4, -0.2) is 44.4 Å². The van der Waals surface area contributed by atoms with E-state index in [1.807, 2.05) is 0 Å². The van der Waals surface area contributed by atoms with Gasteiger partial charge >= 0.3 is 5.97 Å². The molecule has 1 aromatic carbocycles. The smallest absolute Gasteiger partial charge is 0.377 e. The average Bonchev–Trinajstić information content (AvgIpc) is 2.62. The Morgan fingerprint density at radius 2 is 1.83 bits per heavy atom. The van der Waals surface area contributed by atoms with E-state index in [2.05, 4.69) is 5.32 Å². The van der Waals surface area contributed by atoms with Gasteiger partial charge in [0.1, 0.15) is 32.7 Å². The van der Waals surface area contributed by atoms with Gasteiger partial charge in [0.25, 0.3) is 5.91 Å². The molecule has 2 aliphatic rings. The van der Waals surface area contributed by atoms with E-state index < -0.39 is 18.0 Å². The zero-order chi connectivity index (χ0) is 16.9. The lowest BCUT2D eigenvalue weighted by molar-refractivity contribution is -0.153. The minimum atomic E-state index is -1.00. The summed E-state index contributed by atoms with van der Waals surface area (Å²) in [6.45, 7) is 3.05. The van der Waals surface area contributed by atoms with Crippen LogP contribution >= 0.6 is 0 Å². The third-order valence-electron chi connectivity index (χ3n) is 3.31. The molecule has 0 saturated heterocycles. The summed E-state index contributed by atoms with van der Waals surface area (Å²) in [5.41, 5.74) is 0.517. The molecular formula is C16H17NO7. The number of benzene rings is 1. The third-order valence-corrected chi connectivity index (χ3v) is 3.31. The summed E-state index contributed by atoms with van der Waals surface area (Å²) in [5.74, 6) is -0.0983. The van der Waals surface area contributed by atoms with Gasteiger partial charge in [0.2, 0.25) is 5.76 Å². The van der Waals surface area contributed by atoms with Crippen LogP contribution in [0.3, 0.4) is 0 Å². The van der Waals surface area contributed by atoms with Crippen LogP contribution in [0.4, 0.5) is 5.69 Å². The summed E-state index contributed by atoms with van der Waals surface area (Å²) in [7, 11) is 0. The van der Waals surface area contributed by atoms with E-state index >= 15 is 0 Å². The summed E-state index contributed by atoms with van der Waals surface area (Å²) in [4.78, 5) is 24.0. The van der Waals surface area contributed by atoms with Crippen LogP contribution in [0.15, 0.2) is 30.2 Å². The zero-order valence-electron chi connectivity index (χ0n) is 13.1. The molecule has 128 valence electrons. The molecule has 0 aromatic heterocycles. The largest absolute Gasteiger partial charge is 0.493 e. The van der Waals surface area contributed by atoms with E-state index in [4.69, 9.17) is 23.7 Å². The number of rotatable bonds is 4. The summed E-state index contributed by atoms with van der Waals surface area (Å²) in [6, 6.07) is 5.04. The van der Waals surface area contributed by atoms with Crippen LogP contribution in [-0.2, 0) is 23.8 Å². The van der Waals surface area contributed by atoms with Gasteiger partial charge in [-0.25, -0.2) is 4.79 Å². The molecular weight excluding hydrogens is 318 g/mol. The Bertz CT molecular complexity index is 670. The predicted molar refractivity (Wildman–Crippen MR) is 81.6 cm³/mol. The quantitative estimate of drug-likeness (QED) is 0.827. The fraction of sp³-hybridized carbons (Fsp3) is 0.375. The number of fused-ring (bicyclic) bond motifs is 1. The van der Waals surface area contributed by atoms with E-state index in [0.29, 0.717) is 37.0 Å². The second kappa shape index (κ2) is 7.12. The highest BCUT2D eigenvalue weighted by Crippen LogP contribution is 2.32. The SMILES string of the molecule is CC(OC(=O)C1=COCCO1)C(=O)Nc1ccc2c(c1)OCCO2. The fourth-order valence-electron chi connectivity index (χ4n) is 2.11. The van der Waals surface area contributed by atoms with Crippen molar-refractivity contribution in [2.45, 2.75) is 13.0 Å².